The average molecular weight is 705 g/mol. The molecule has 0 bridgehead atoms. The van der Waals surface area contributed by atoms with Gasteiger partial charge < -0.3 is 34.6 Å². The number of hydrogen-bond acceptors (Lipinski definition) is 9. The number of aliphatic hydroxyl groups excluding tert-OH is 2. The summed E-state index contributed by atoms with van der Waals surface area (Å²) in [5, 5.41) is 26.9. The molecule has 0 radical (unpaired) electrons. The fourth-order valence-electron chi connectivity index (χ4n) is 7.80. The summed E-state index contributed by atoms with van der Waals surface area (Å²) < 4.78 is 20.2. The van der Waals surface area contributed by atoms with E-state index in [1.807, 2.05) is 43.3 Å². The zero-order valence-electron chi connectivity index (χ0n) is 29.4. The molecule has 1 aliphatic heterocycles. The van der Waals surface area contributed by atoms with Crippen LogP contribution in [0.5, 0.6) is 11.5 Å². The monoisotopic (exact) mass is 704 g/mol. The van der Waals surface area contributed by atoms with Crippen molar-refractivity contribution < 1.29 is 34.1 Å². The van der Waals surface area contributed by atoms with Crippen LogP contribution >= 0.6 is 11.8 Å². The van der Waals surface area contributed by atoms with Gasteiger partial charge in [0.15, 0.2) is 0 Å². The molecule has 0 aromatic heterocycles. The molecule has 3 N–H and O–H groups in total. The van der Waals surface area contributed by atoms with E-state index in [9.17, 15) is 15.0 Å². The smallest absolute Gasteiger partial charge is 0.231 e. The lowest BCUT2D eigenvalue weighted by atomic mass is 9.56. The molecular formula is C40H52N2O7S. The molecule has 1 heterocycles. The van der Waals surface area contributed by atoms with Gasteiger partial charge in [-0.3, -0.25) is 4.79 Å². The number of anilines is 1. The van der Waals surface area contributed by atoms with Crippen LogP contribution in [-0.2, 0) is 14.4 Å². The molecule has 3 aliphatic rings. The molecule has 10 heteroatoms. The summed E-state index contributed by atoms with van der Waals surface area (Å²) in [6, 6.07) is 13.9. The van der Waals surface area contributed by atoms with Gasteiger partial charge in [-0.2, -0.15) is 0 Å². The lowest BCUT2D eigenvalue weighted by Gasteiger charge is -2.58. The molecule has 9 nitrogen and oxygen atoms in total. The van der Waals surface area contributed by atoms with Crippen molar-refractivity contribution in [2.45, 2.75) is 80.6 Å². The normalized spacial score (nSPS) is 25.8. The zero-order chi connectivity index (χ0) is 35.5. The molecule has 50 heavy (non-hydrogen) atoms. The molecule has 2 aliphatic carbocycles. The van der Waals surface area contributed by atoms with Crippen molar-refractivity contribution in [1.82, 2.24) is 0 Å². The maximum absolute atomic E-state index is 11.7. The van der Waals surface area contributed by atoms with E-state index in [0.29, 0.717) is 19.6 Å². The van der Waals surface area contributed by atoms with E-state index in [1.165, 1.54) is 6.92 Å². The Labute approximate surface area is 300 Å². The third-order valence-electron chi connectivity index (χ3n) is 9.75. The summed E-state index contributed by atoms with van der Waals surface area (Å²) in [5.74, 6) is 0.455. The van der Waals surface area contributed by atoms with Gasteiger partial charge in [0.05, 0.1) is 23.5 Å². The van der Waals surface area contributed by atoms with Gasteiger partial charge in [-0.25, -0.2) is 0 Å². The number of carbonyl (C=O) groups excluding carboxylic acids is 1. The van der Waals surface area contributed by atoms with Crippen LogP contribution in [0.25, 0.3) is 0 Å². The molecule has 6 unspecified atom stereocenters. The van der Waals surface area contributed by atoms with Crippen LogP contribution in [0.3, 0.4) is 0 Å². The number of rotatable bonds is 19. The number of amides is 1. The SMILES string of the molecule is C=CCOc1ccc2c(c1)C1C(CCCCO)C(CCCCO)C=C3C(=NOCC)CC(Sc4ccc(NC(C)=O)cc4)C(OCC=C)(O2)C31. The van der Waals surface area contributed by atoms with Gasteiger partial charge in [-0.1, -0.05) is 42.8 Å². The number of fused-ring (bicyclic) bond motifs is 2. The van der Waals surface area contributed by atoms with Gasteiger partial charge in [0, 0.05) is 48.6 Å². The summed E-state index contributed by atoms with van der Waals surface area (Å²) in [7, 11) is 0. The maximum Gasteiger partial charge on any atom is 0.231 e. The van der Waals surface area contributed by atoms with E-state index >= 15 is 0 Å². The van der Waals surface area contributed by atoms with E-state index in [4.69, 9.17) is 24.2 Å². The number of carbonyl (C=O) groups is 1. The first kappa shape index (κ1) is 37.7. The average Bonchev–Trinajstić information content (AvgIpc) is 3.11. The van der Waals surface area contributed by atoms with Crippen LogP contribution < -0.4 is 14.8 Å². The third-order valence-corrected chi connectivity index (χ3v) is 11.1. The van der Waals surface area contributed by atoms with Crippen LogP contribution in [-0.4, -0.2) is 65.9 Å². The van der Waals surface area contributed by atoms with Gasteiger partial charge in [-0.05, 0) is 92.5 Å². The molecule has 0 saturated heterocycles. The Hall–Kier alpha value is -3.57. The fourth-order valence-corrected chi connectivity index (χ4v) is 9.09. The summed E-state index contributed by atoms with van der Waals surface area (Å²) >= 11 is 1.68. The van der Waals surface area contributed by atoms with Gasteiger partial charge in [0.2, 0.25) is 11.7 Å². The summed E-state index contributed by atoms with van der Waals surface area (Å²) in [6.07, 6.45) is 11.5. The van der Waals surface area contributed by atoms with E-state index in [2.05, 4.69) is 30.6 Å². The van der Waals surface area contributed by atoms with Crippen molar-refractivity contribution in [1.29, 1.82) is 0 Å². The van der Waals surface area contributed by atoms with E-state index in [-0.39, 0.29) is 54.6 Å². The summed E-state index contributed by atoms with van der Waals surface area (Å²) in [5.41, 5.74) is 3.77. The molecule has 270 valence electrons. The highest BCUT2D eigenvalue weighted by molar-refractivity contribution is 8.00. The second kappa shape index (κ2) is 18.1. The Morgan fingerprint density at radius 2 is 1.80 bits per heavy atom. The topological polar surface area (TPSA) is 119 Å². The zero-order valence-corrected chi connectivity index (χ0v) is 30.2. The molecule has 1 fully saturated rings. The van der Waals surface area contributed by atoms with E-state index in [0.717, 1.165) is 77.5 Å². The van der Waals surface area contributed by atoms with E-state index in [1.54, 1.807) is 23.9 Å². The minimum atomic E-state index is -1.08. The van der Waals surface area contributed by atoms with Crippen LogP contribution in [0.15, 0.2) is 89.5 Å². The third kappa shape index (κ3) is 8.48. The maximum atomic E-state index is 11.7. The number of nitrogens with zero attached hydrogens (tertiary/aromatic N) is 1. The second-order valence-electron chi connectivity index (χ2n) is 13.1. The highest BCUT2D eigenvalue weighted by atomic mass is 32.2. The minimum Gasteiger partial charge on any atom is -0.490 e. The molecule has 0 spiro atoms. The Morgan fingerprint density at radius 1 is 1.06 bits per heavy atom. The summed E-state index contributed by atoms with van der Waals surface area (Å²) in [4.78, 5) is 18.5. The number of benzene rings is 2. The number of thioether (sulfide) groups is 1. The number of allylic oxidation sites excluding steroid dienone is 1. The highest BCUT2D eigenvalue weighted by Gasteiger charge is 2.64. The van der Waals surface area contributed by atoms with Crippen LogP contribution in [0, 0.1) is 17.8 Å². The van der Waals surface area contributed by atoms with Crippen molar-refractivity contribution in [3.8, 4) is 11.5 Å². The Kier molecular flexibility index (Phi) is 13.6. The van der Waals surface area contributed by atoms with Crippen LogP contribution in [0.1, 0.15) is 70.3 Å². The van der Waals surface area contributed by atoms with Crippen molar-refractivity contribution in [3.63, 3.8) is 0 Å². The summed E-state index contributed by atoms with van der Waals surface area (Å²) in [6.45, 7) is 12.7. The number of oxime groups is 1. The molecule has 1 saturated carbocycles. The van der Waals surface area contributed by atoms with Gasteiger partial charge >= 0.3 is 0 Å². The van der Waals surface area contributed by atoms with Crippen molar-refractivity contribution in [2.75, 3.05) is 38.4 Å². The molecular weight excluding hydrogens is 653 g/mol. The van der Waals surface area contributed by atoms with Gasteiger partial charge in [0.1, 0.15) is 24.7 Å². The first-order chi connectivity index (χ1) is 24.4. The number of nitrogens with one attached hydrogen (secondary N) is 1. The quantitative estimate of drug-likeness (QED) is 0.0776. The Bertz CT molecular complexity index is 1530. The number of hydrogen-bond donors (Lipinski definition) is 3. The second-order valence-corrected chi connectivity index (χ2v) is 14.4. The molecule has 2 aromatic carbocycles. The first-order valence-electron chi connectivity index (χ1n) is 17.9. The minimum absolute atomic E-state index is 0.0222. The lowest BCUT2D eigenvalue weighted by Crippen LogP contribution is -2.64. The van der Waals surface area contributed by atoms with Crippen LogP contribution in [0.2, 0.25) is 0 Å². The molecule has 6 atom stereocenters. The van der Waals surface area contributed by atoms with Crippen LogP contribution in [0.4, 0.5) is 5.69 Å². The van der Waals surface area contributed by atoms with E-state index < -0.39 is 5.79 Å². The van der Waals surface area contributed by atoms with Crippen molar-refractivity contribution in [3.05, 3.63) is 85.0 Å². The molecule has 1 amide bonds. The van der Waals surface area contributed by atoms with Crippen molar-refractivity contribution >= 4 is 29.1 Å². The Morgan fingerprint density at radius 3 is 2.48 bits per heavy atom. The van der Waals surface area contributed by atoms with Crippen molar-refractivity contribution in [2.24, 2.45) is 22.9 Å². The largest absolute Gasteiger partial charge is 0.490 e. The standard InChI is InChI=1S/C40H52N2O7S/c1-5-22-46-30-16-19-36-34(25-30)38-32(13-9-11-21-44)28(12-8-10-20-43)24-33-35(42-48-7-3)26-37(40(49-36,39(33)38)47-23-6-2)50-31-17-14-29(15-18-31)41-27(4)45/h5-6,14-19,24-25,28,32,37-39,43-44H,1-2,7-13,20-23,26H2,3-4H3,(H,41,45). The Balaban J connectivity index is 1.70. The lowest BCUT2D eigenvalue weighted by molar-refractivity contribution is -0.223. The van der Waals surface area contributed by atoms with Gasteiger partial charge in [-0.15, -0.1) is 18.3 Å². The predicted molar refractivity (Wildman–Crippen MR) is 199 cm³/mol. The molecule has 5 rings (SSSR count). The molecule has 2 aromatic rings. The number of ether oxygens (including phenoxy) is 3. The highest BCUT2D eigenvalue weighted by Crippen LogP contribution is 2.63. The fraction of sp³-hybridized carbons (Fsp3) is 0.500. The number of aliphatic hydroxyl groups is 2. The first-order valence-corrected chi connectivity index (χ1v) is 18.7. The van der Waals surface area contributed by atoms with Gasteiger partial charge in [0.25, 0.3) is 0 Å². The predicted octanol–water partition coefficient (Wildman–Crippen LogP) is 7.66. The number of unbranched alkanes of at least 4 members (excludes halogenated alkanes) is 2.